The van der Waals surface area contributed by atoms with Crippen LogP contribution in [0.1, 0.15) is 6.42 Å². The fraction of sp³-hybridized carbons (Fsp3) is 0.571. The van der Waals surface area contributed by atoms with Crippen LogP contribution in [-0.4, -0.2) is 24.5 Å². The Kier molecular flexibility index (Phi) is 1.61. The minimum absolute atomic E-state index is 1.06. The average Bonchev–Trinajstić information content (AvgIpc) is 2.59. The molecule has 10 heavy (non-hydrogen) atoms. The predicted molar refractivity (Wildman–Crippen MR) is 39.7 cm³/mol. The normalized spacial score (nSPS) is 26.6. The van der Waals surface area contributed by atoms with Crippen molar-refractivity contribution in [1.29, 1.82) is 0 Å². The molecule has 1 radical (unpaired) electrons. The quantitative estimate of drug-likeness (QED) is 0.527. The van der Waals surface area contributed by atoms with Crippen molar-refractivity contribution in [3.63, 3.8) is 0 Å². The lowest BCUT2D eigenvalue weighted by Gasteiger charge is -2.21. The molecule has 0 aliphatic carbocycles. The Hall–Kier alpha value is -0.540. The van der Waals surface area contributed by atoms with E-state index >= 15 is 0 Å². The van der Waals surface area contributed by atoms with E-state index in [2.05, 4.69) is 27.8 Å². The van der Waals surface area contributed by atoms with Gasteiger partial charge in [-0.05, 0) is 12.6 Å². The maximum absolute atomic E-state index is 3.28. The van der Waals surface area contributed by atoms with Gasteiger partial charge in [-0.1, -0.05) is 6.08 Å². The second-order valence-corrected chi connectivity index (χ2v) is 2.57. The van der Waals surface area contributed by atoms with Crippen molar-refractivity contribution in [2.75, 3.05) is 19.6 Å². The van der Waals surface area contributed by atoms with Crippen molar-refractivity contribution in [2.45, 2.75) is 6.42 Å². The molecular formula is C7H12N3. The minimum Gasteiger partial charge on any atom is -0.343 e. The summed E-state index contributed by atoms with van der Waals surface area (Å²) in [6.07, 6.45) is 6.66. The first-order valence-corrected chi connectivity index (χ1v) is 3.75. The SMILES string of the molecule is C1=CN([C]2NCCN2)CC1. The lowest BCUT2D eigenvalue weighted by molar-refractivity contribution is 0.363. The summed E-state index contributed by atoms with van der Waals surface area (Å²) in [6.45, 7) is 3.23. The van der Waals surface area contributed by atoms with Crippen molar-refractivity contribution in [1.82, 2.24) is 15.5 Å². The van der Waals surface area contributed by atoms with Gasteiger partial charge in [-0.2, -0.15) is 0 Å². The molecule has 2 aliphatic heterocycles. The molecule has 2 N–H and O–H groups in total. The molecule has 3 heteroatoms. The number of hydrogen-bond donors (Lipinski definition) is 2. The van der Waals surface area contributed by atoms with E-state index in [1.165, 1.54) is 12.7 Å². The predicted octanol–water partition coefficient (Wildman–Crippen LogP) is -0.154. The lowest BCUT2D eigenvalue weighted by atomic mass is 10.5. The topological polar surface area (TPSA) is 27.3 Å². The third kappa shape index (κ3) is 1.02. The molecule has 0 spiro atoms. The van der Waals surface area contributed by atoms with E-state index in [4.69, 9.17) is 0 Å². The molecule has 1 saturated heterocycles. The van der Waals surface area contributed by atoms with Crippen LogP contribution in [-0.2, 0) is 0 Å². The van der Waals surface area contributed by atoms with Gasteiger partial charge in [0.25, 0.3) is 0 Å². The molecule has 3 nitrogen and oxygen atoms in total. The van der Waals surface area contributed by atoms with Gasteiger partial charge in [0.05, 0.1) is 0 Å². The molecule has 0 bridgehead atoms. The standard InChI is InChI=1S/C7H12N3/c1-2-6-10(5-1)7-8-3-4-9-7/h1,5,8-9H,2-4,6H2. The third-order valence-electron chi connectivity index (χ3n) is 1.82. The fourth-order valence-corrected chi connectivity index (χ4v) is 1.30. The van der Waals surface area contributed by atoms with E-state index in [1.54, 1.807) is 0 Å². The highest BCUT2D eigenvalue weighted by atomic mass is 15.4. The molecule has 0 aromatic carbocycles. The fourth-order valence-electron chi connectivity index (χ4n) is 1.30. The average molecular weight is 138 g/mol. The van der Waals surface area contributed by atoms with Crippen LogP contribution in [0, 0.1) is 6.29 Å². The molecule has 1 fully saturated rings. The zero-order valence-electron chi connectivity index (χ0n) is 5.93. The molecule has 2 aliphatic rings. The van der Waals surface area contributed by atoms with E-state index < -0.39 is 0 Å². The summed E-state index contributed by atoms with van der Waals surface area (Å²) in [6, 6.07) is 0. The molecule has 0 aromatic heterocycles. The second-order valence-electron chi connectivity index (χ2n) is 2.57. The molecule has 2 heterocycles. The van der Waals surface area contributed by atoms with Crippen molar-refractivity contribution in [2.24, 2.45) is 0 Å². The van der Waals surface area contributed by atoms with Gasteiger partial charge < -0.3 is 4.90 Å². The molecule has 55 valence electrons. The number of rotatable bonds is 1. The third-order valence-corrected chi connectivity index (χ3v) is 1.82. The van der Waals surface area contributed by atoms with E-state index in [-0.39, 0.29) is 0 Å². The van der Waals surface area contributed by atoms with Crippen LogP contribution in [0.5, 0.6) is 0 Å². The van der Waals surface area contributed by atoms with Crippen LogP contribution in [0.3, 0.4) is 0 Å². The van der Waals surface area contributed by atoms with Gasteiger partial charge in [0.15, 0.2) is 6.29 Å². The van der Waals surface area contributed by atoms with Crippen LogP contribution >= 0.6 is 0 Å². The summed E-state index contributed by atoms with van der Waals surface area (Å²) >= 11 is 0. The van der Waals surface area contributed by atoms with Crippen LogP contribution in [0.2, 0.25) is 0 Å². The Morgan fingerprint density at radius 2 is 2.10 bits per heavy atom. The maximum atomic E-state index is 3.28. The molecule has 0 atom stereocenters. The van der Waals surface area contributed by atoms with Gasteiger partial charge in [-0.15, -0.1) is 0 Å². The Morgan fingerprint density at radius 3 is 2.70 bits per heavy atom. The smallest absolute Gasteiger partial charge is 0.199 e. The van der Waals surface area contributed by atoms with Crippen molar-refractivity contribution in [3.8, 4) is 0 Å². The minimum atomic E-state index is 1.06. The summed E-state index contributed by atoms with van der Waals surface area (Å²) in [7, 11) is 0. The van der Waals surface area contributed by atoms with Gasteiger partial charge in [0.2, 0.25) is 0 Å². The highest BCUT2D eigenvalue weighted by molar-refractivity contribution is 5.02. The molecular weight excluding hydrogens is 126 g/mol. The van der Waals surface area contributed by atoms with Crippen molar-refractivity contribution in [3.05, 3.63) is 18.6 Å². The summed E-state index contributed by atoms with van der Waals surface area (Å²) in [5, 5.41) is 6.56. The monoisotopic (exact) mass is 138 g/mol. The molecule has 0 aromatic rings. The van der Waals surface area contributed by atoms with E-state index in [9.17, 15) is 0 Å². The van der Waals surface area contributed by atoms with Crippen molar-refractivity contribution < 1.29 is 0 Å². The molecule has 0 amide bonds. The highest BCUT2D eigenvalue weighted by Gasteiger charge is 2.21. The summed E-state index contributed by atoms with van der Waals surface area (Å²) in [5.41, 5.74) is 0. The van der Waals surface area contributed by atoms with E-state index in [1.807, 2.05) is 0 Å². The van der Waals surface area contributed by atoms with Gasteiger partial charge in [0.1, 0.15) is 0 Å². The molecule has 0 unspecified atom stereocenters. The molecule has 0 saturated carbocycles. The van der Waals surface area contributed by atoms with Gasteiger partial charge in [0, 0.05) is 19.6 Å². The van der Waals surface area contributed by atoms with Gasteiger partial charge in [-0.3, -0.25) is 10.6 Å². The second kappa shape index (κ2) is 2.60. The Labute approximate surface area is 61.1 Å². The Balaban J connectivity index is 1.91. The van der Waals surface area contributed by atoms with Crippen LogP contribution < -0.4 is 10.6 Å². The van der Waals surface area contributed by atoms with Gasteiger partial charge in [-0.25, -0.2) is 0 Å². The molecule has 2 rings (SSSR count). The Morgan fingerprint density at radius 1 is 1.30 bits per heavy atom. The summed E-state index contributed by atoms with van der Waals surface area (Å²) in [4.78, 5) is 2.22. The number of nitrogens with zero attached hydrogens (tertiary/aromatic N) is 1. The van der Waals surface area contributed by atoms with Crippen LogP contribution in [0.4, 0.5) is 0 Å². The van der Waals surface area contributed by atoms with E-state index in [0.29, 0.717) is 0 Å². The van der Waals surface area contributed by atoms with Gasteiger partial charge >= 0.3 is 0 Å². The van der Waals surface area contributed by atoms with E-state index in [0.717, 1.165) is 19.6 Å². The highest BCUT2D eigenvalue weighted by Crippen LogP contribution is 2.11. The number of nitrogens with one attached hydrogen (secondary N) is 2. The summed E-state index contributed by atoms with van der Waals surface area (Å²) in [5.74, 6) is 0. The van der Waals surface area contributed by atoms with Crippen molar-refractivity contribution >= 4 is 0 Å². The first-order valence-electron chi connectivity index (χ1n) is 3.75. The first-order chi connectivity index (χ1) is 4.97. The summed E-state index contributed by atoms with van der Waals surface area (Å²) < 4.78 is 0. The lowest BCUT2D eigenvalue weighted by Crippen LogP contribution is -2.36. The zero-order chi connectivity index (χ0) is 6.81. The maximum Gasteiger partial charge on any atom is 0.199 e. The van der Waals surface area contributed by atoms with Crippen LogP contribution in [0.25, 0.3) is 0 Å². The zero-order valence-corrected chi connectivity index (χ0v) is 5.93. The largest absolute Gasteiger partial charge is 0.343 e. The number of hydrogen-bond acceptors (Lipinski definition) is 3. The first kappa shape index (κ1) is 6.19. The van der Waals surface area contributed by atoms with Crippen LogP contribution in [0.15, 0.2) is 12.3 Å². The Bertz CT molecular complexity index is 138.